The molecule has 4 rings (SSSR count). The van der Waals surface area contributed by atoms with Crippen LogP contribution in [-0.4, -0.2) is 33.9 Å². The van der Waals surface area contributed by atoms with Crippen molar-refractivity contribution in [2.45, 2.75) is 39.3 Å². The molecule has 0 bridgehead atoms. The molecule has 1 aromatic heterocycles. The highest BCUT2D eigenvalue weighted by Gasteiger charge is 2.30. The van der Waals surface area contributed by atoms with Crippen LogP contribution < -0.4 is 5.73 Å². The highest BCUT2D eigenvalue weighted by Crippen LogP contribution is 2.30. The number of amides is 2. The Labute approximate surface area is 170 Å². The van der Waals surface area contributed by atoms with E-state index in [0.717, 1.165) is 24.9 Å². The molecule has 0 radical (unpaired) electrons. The third-order valence-electron chi connectivity index (χ3n) is 6.10. The Kier molecular flexibility index (Phi) is 5.14. The van der Waals surface area contributed by atoms with Crippen molar-refractivity contribution in [2.75, 3.05) is 6.54 Å². The van der Waals surface area contributed by atoms with E-state index in [1.165, 1.54) is 21.8 Å². The SMILES string of the molecule is CCn1c2ccccc2c2cc(/C=C/C(=O)N3CC(C(N)=O)CCC3C)ccc21. The van der Waals surface area contributed by atoms with Crippen LogP contribution in [0.25, 0.3) is 27.9 Å². The van der Waals surface area contributed by atoms with Crippen molar-refractivity contribution < 1.29 is 9.59 Å². The molecule has 2 aromatic carbocycles. The Bertz CT molecular complexity index is 1110. The Morgan fingerprint density at radius 2 is 1.86 bits per heavy atom. The molecule has 2 amide bonds. The fraction of sp³-hybridized carbons (Fsp3) is 0.333. The maximum absolute atomic E-state index is 12.8. The minimum atomic E-state index is -0.323. The number of nitrogens with two attached hydrogens (primary N) is 1. The first kappa shape index (κ1) is 19.2. The second-order valence-corrected chi connectivity index (χ2v) is 7.89. The Balaban J connectivity index is 1.62. The van der Waals surface area contributed by atoms with Gasteiger partial charge >= 0.3 is 0 Å². The van der Waals surface area contributed by atoms with Crippen LogP contribution in [0.2, 0.25) is 0 Å². The molecule has 1 saturated heterocycles. The summed E-state index contributed by atoms with van der Waals surface area (Å²) in [6.45, 7) is 5.49. The van der Waals surface area contributed by atoms with Gasteiger partial charge in [0.15, 0.2) is 0 Å². The second kappa shape index (κ2) is 7.74. The average molecular weight is 389 g/mol. The third kappa shape index (κ3) is 3.53. The van der Waals surface area contributed by atoms with E-state index in [1.54, 1.807) is 11.0 Å². The zero-order chi connectivity index (χ0) is 20.5. The maximum Gasteiger partial charge on any atom is 0.246 e. The van der Waals surface area contributed by atoms with Crippen molar-refractivity contribution in [3.8, 4) is 0 Å². The quantitative estimate of drug-likeness (QED) is 0.687. The van der Waals surface area contributed by atoms with E-state index >= 15 is 0 Å². The van der Waals surface area contributed by atoms with E-state index < -0.39 is 0 Å². The number of carbonyl (C=O) groups excluding carboxylic acids is 2. The summed E-state index contributed by atoms with van der Waals surface area (Å²) in [5.41, 5.74) is 8.87. The summed E-state index contributed by atoms with van der Waals surface area (Å²) in [5, 5.41) is 2.41. The van der Waals surface area contributed by atoms with Crippen LogP contribution >= 0.6 is 0 Å². The van der Waals surface area contributed by atoms with Gasteiger partial charge in [-0.3, -0.25) is 9.59 Å². The number of hydrogen-bond donors (Lipinski definition) is 1. The summed E-state index contributed by atoms with van der Waals surface area (Å²) in [4.78, 5) is 26.1. The monoisotopic (exact) mass is 389 g/mol. The van der Waals surface area contributed by atoms with E-state index in [-0.39, 0.29) is 23.8 Å². The number of hydrogen-bond acceptors (Lipinski definition) is 2. The number of aromatic nitrogens is 1. The van der Waals surface area contributed by atoms with Crippen LogP contribution in [0.3, 0.4) is 0 Å². The number of likely N-dealkylation sites (tertiary alicyclic amines) is 1. The van der Waals surface area contributed by atoms with Crippen molar-refractivity contribution >= 4 is 39.7 Å². The predicted molar refractivity (Wildman–Crippen MR) is 117 cm³/mol. The van der Waals surface area contributed by atoms with Gasteiger partial charge in [0.1, 0.15) is 0 Å². The van der Waals surface area contributed by atoms with Gasteiger partial charge in [0, 0.05) is 47.0 Å². The van der Waals surface area contributed by atoms with Crippen molar-refractivity contribution in [3.05, 3.63) is 54.1 Å². The third-order valence-corrected chi connectivity index (χ3v) is 6.10. The minimum absolute atomic E-state index is 0.0699. The molecule has 3 aromatic rings. The highest BCUT2D eigenvalue weighted by atomic mass is 16.2. The Hall–Kier alpha value is -3.08. The fourth-order valence-corrected chi connectivity index (χ4v) is 4.43. The van der Waals surface area contributed by atoms with Gasteiger partial charge in [-0.15, -0.1) is 0 Å². The van der Waals surface area contributed by atoms with Gasteiger partial charge in [-0.2, -0.15) is 0 Å². The second-order valence-electron chi connectivity index (χ2n) is 7.89. The Morgan fingerprint density at radius 3 is 2.62 bits per heavy atom. The molecule has 0 aliphatic carbocycles. The summed E-state index contributed by atoms with van der Waals surface area (Å²) in [6, 6.07) is 14.8. The van der Waals surface area contributed by atoms with E-state index in [1.807, 2.05) is 19.1 Å². The van der Waals surface area contributed by atoms with Crippen LogP contribution in [0.15, 0.2) is 48.5 Å². The van der Waals surface area contributed by atoms with Gasteiger partial charge in [0.05, 0.1) is 5.92 Å². The molecule has 1 fully saturated rings. The van der Waals surface area contributed by atoms with E-state index in [2.05, 4.69) is 47.9 Å². The molecule has 1 aliphatic heterocycles. The topological polar surface area (TPSA) is 68.3 Å². The lowest BCUT2D eigenvalue weighted by Crippen LogP contribution is -2.48. The number of fused-ring (bicyclic) bond motifs is 3. The maximum atomic E-state index is 12.8. The molecule has 0 saturated carbocycles. The standard InChI is InChI=1S/C24H27N3O2/c1-3-26-21-7-5-4-6-19(21)20-14-17(9-12-22(20)26)10-13-23(28)27-15-18(24(25)29)11-8-16(27)2/h4-7,9-10,12-14,16,18H,3,8,11,15H2,1-2H3,(H2,25,29)/b13-10+. The molecule has 150 valence electrons. The van der Waals surface area contributed by atoms with Gasteiger partial charge < -0.3 is 15.2 Å². The van der Waals surface area contributed by atoms with E-state index in [0.29, 0.717) is 6.54 Å². The van der Waals surface area contributed by atoms with Crippen LogP contribution in [0.1, 0.15) is 32.3 Å². The Morgan fingerprint density at radius 1 is 1.10 bits per heavy atom. The lowest BCUT2D eigenvalue weighted by atomic mass is 9.93. The number of benzene rings is 2. The van der Waals surface area contributed by atoms with Crippen LogP contribution in [-0.2, 0) is 16.1 Å². The van der Waals surface area contributed by atoms with Crippen molar-refractivity contribution in [1.82, 2.24) is 9.47 Å². The zero-order valence-corrected chi connectivity index (χ0v) is 17.0. The summed E-state index contributed by atoms with van der Waals surface area (Å²) in [7, 11) is 0. The summed E-state index contributed by atoms with van der Waals surface area (Å²) >= 11 is 0. The number of nitrogens with zero attached hydrogens (tertiary/aromatic N) is 2. The van der Waals surface area contributed by atoms with Crippen molar-refractivity contribution in [2.24, 2.45) is 11.7 Å². The lowest BCUT2D eigenvalue weighted by molar-refractivity contribution is -0.133. The number of piperidine rings is 1. The first-order valence-electron chi connectivity index (χ1n) is 10.3. The van der Waals surface area contributed by atoms with E-state index in [9.17, 15) is 9.59 Å². The molecule has 1 aliphatic rings. The molecule has 2 N–H and O–H groups in total. The zero-order valence-electron chi connectivity index (χ0n) is 17.0. The first-order valence-corrected chi connectivity index (χ1v) is 10.3. The normalized spacial score (nSPS) is 20.0. The van der Waals surface area contributed by atoms with Crippen molar-refractivity contribution in [3.63, 3.8) is 0 Å². The van der Waals surface area contributed by atoms with Gasteiger partial charge in [-0.1, -0.05) is 24.3 Å². The first-order chi connectivity index (χ1) is 14.0. The molecule has 2 heterocycles. The van der Waals surface area contributed by atoms with E-state index in [4.69, 9.17) is 5.73 Å². The summed E-state index contributed by atoms with van der Waals surface area (Å²) in [6.07, 6.45) is 5.03. The summed E-state index contributed by atoms with van der Waals surface area (Å²) < 4.78 is 2.31. The van der Waals surface area contributed by atoms with Crippen LogP contribution in [0.5, 0.6) is 0 Å². The molecule has 2 atom stereocenters. The molecule has 2 unspecified atom stereocenters. The highest BCUT2D eigenvalue weighted by molar-refractivity contribution is 6.08. The number of rotatable bonds is 4. The molecular weight excluding hydrogens is 362 g/mol. The van der Waals surface area contributed by atoms with Gasteiger partial charge in [-0.25, -0.2) is 0 Å². The smallest absolute Gasteiger partial charge is 0.246 e. The fourth-order valence-electron chi connectivity index (χ4n) is 4.43. The van der Waals surface area contributed by atoms with Crippen molar-refractivity contribution in [1.29, 1.82) is 0 Å². The number of aryl methyl sites for hydroxylation is 1. The van der Waals surface area contributed by atoms with Crippen LogP contribution in [0, 0.1) is 5.92 Å². The molecular formula is C24H27N3O2. The number of para-hydroxylation sites is 1. The number of primary amides is 1. The molecule has 5 nitrogen and oxygen atoms in total. The number of carbonyl (C=O) groups is 2. The van der Waals surface area contributed by atoms with Gasteiger partial charge in [0.25, 0.3) is 0 Å². The largest absolute Gasteiger partial charge is 0.369 e. The average Bonchev–Trinajstić information content (AvgIpc) is 3.05. The van der Waals surface area contributed by atoms with Crippen LogP contribution in [0.4, 0.5) is 0 Å². The minimum Gasteiger partial charge on any atom is -0.369 e. The summed E-state index contributed by atoms with van der Waals surface area (Å²) in [5.74, 6) is -0.643. The predicted octanol–water partition coefficient (Wildman–Crippen LogP) is 3.94. The molecule has 29 heavy (non-hydrogen) atoms. The molecule has 5 heteroatoms. The lowest BCUT2D eigenvalue weighted by Gasteiger charge is -2.36. The van der Waals surface area contributed by atoms with Gasteiger partial charge in [0.2, 0.25) is 11.8 Å². The molecule has 0 spiro atoms. The van der Waals surface area contributed by atoms with Gasteiger partial charge in [-0.05, 0) is 56.5 Å².